The lowest BCUT2D eigenvalue weighted by Gasteiger charge is -2.22. The zero-order valence-electron chi connectivity index (χ0n) is 15.7. The summed E-state index contributed by atoms with van der Waals surface area (Å²) in [6.45, 7) is 4.82. The number of benzene rings is 2. The molecule has 4 nitrogen and oxygen atoms in total. The smallest absolute Gasteiger partial charge is 0.266 e. The van der Waals surface area contributed by atoms with Crippen molar-refractivity contribution >= 4 is 32.6 Å². The average Bonchev–Trinajstić information content (AvgIpc) is 2.97. The first-order chi connectivity index (χ1) is 12.8. The number of aromatic nitrogens is 1. The largest absolute Gasteiger partial charge is 0.308 e. The topological polar surface area (TPSA) is 36.4 Å². The summed E-state index contributed by atoms with van der Waals surface area (Å²) in [5.41, 5.74) is 2.45. The van der Waals surface area contributed by atoms with Gasteiger partial charge in [-0.25, -0.2) is 13.8 Å². The Bertz CT molecular complexity index is 941. The molecule has 2 aromatic carbocycles. The Kier molecular flexibility index (Phi) is 5.53. The fourth-order valence-corrected chi connectivity index (χ4v) is 3.77. The van der Waals surface area contributed by atoms with Crippen LogP contribution in [0, 0.1) is 25.5 Å². The maximum Gasteiger partial charge on any atom is 0.266 e. The van der Waals surface area contributed by atoms with Gasteiger partial charge in [0.15, 0.2) is 5.13 Å². The molecule has 0 atom stereocenters. The first-order valence-corrected chi connectivity index (χ1v) is 9.38. The summed E-state index contributed by atoms with van der Waals surface area (Å²) in [5.74, 6) is -2.47. The molecule has 0 aliphatic heterocycles. The quantitative estimate of drug-likeness (QED) is 0.649. The van der Waals surface area contributed by atoms with E-state index in [1.165, 1.54) is 22.3 Å². The molecule has 0 fully saturated rings. The molecule has 0 aliphatic rings. The van der Waals surface area contributed by atoms with Crippen molar-refractivity contribution in [3.63, 3.8) is 0 Å². The molecule has 7 heteroatoms. The zero-order chi connectivity index (χ0) is 19.7. The van der Waals surface area contributed by atoms with Crippen molar-refractivity contribution in [2.75, 3.05) is 32.1 Å². The van der Waals surface area contributed by atoms with E-state index >= 15 is 0 Å². The lowest BCUT2D eigenvalue weighted by molar-refractivity contribution is 0.0977. The van der Waals surface area contributed by atoms with E-state index in [1.807, 2.05) is 45.0 Å². The average molecular weight is 389 g/mol. The van der Waals surface area contributed by atoms with Crippen molar-refractivity contribution in [1.29, 1.82) is 0 Å². The second-order valence-electron chi connectivity index (χ2n) is 6.76. The van der Waals surface area contributed by atoms with Crippen LogP contribution < -0.4 is 4.90 Å². The molecular formula is C20H21F2N3OS. The number of halogens is 2. The molecule has 0 unspecified atom stereocenters. The van der Waals surface area contributed by atoms with Crippen LogP contribution >= 0.6 is 11.3 Å². The SMILES string of the molecule is Cc1cc2nc(N(CCN(C)C)C(=O)c3c(F)cccc3F)sc2cc1C. The molecule has 142 valence electrons. The van der Waals surface area contributed by atoms with Gasteiger partial charge in [0, 0.05) is 13.1 Å². The van der Waals surface area contributed by atoms with Crippen LogP contribution in [0.15, 0.2) is 30.3 Å². The van der Waals surface area contributed by atoms with Crippen molar-refractivity contribution in [1.82, 2.24) is 9.88 Å². The number of hydrogen-bond donors (Lipinski definition) is 0. The first kappa shape index (κ1) is 19.4. The van der Waals surface area contributed by atoms with Gasteiger partial charge in [-0.1, -0.05) is 17.4 Å². The minimum Gasteiger partial charge on any atom is -0.308 e. The van der Waals surface area contributed by atoms with Crippen LogP contribution in [0.5, 0.6) is 0 Å². The summed E-state index contributed by atoms with van der Waals surface area (Å²) in [5, 5.41) is 0.435. The highest BCUT2D eigenvalue weighted by atomic mass is 32.1. The van der Waals surface area contributed by atoms with Crippen molar-refractivity contribution in [2.24, 2.45) is 0 Å². The number of nitrogens with zero attached hydrogens (tertiary/aromatic N) is 3. The number of anilines is 1. The number of amides is 1. The Labute approximate surface area is 161 Å². The first-order valence-electron chi connectivity index (χ1n) is 8.56. The van der Waals surface area contributed by atoms with Gasteiger partial charge in [0.2, 0.25) is 0 Å². The fourth-order valence-electron chi connectivity index (χ4n) is 2.70. The molecule has 1 aromatic heterocycles. The number of rotatable bonds is 5. The number of fused-ring (bicyclic) bond motifs is 1. The molecule has 27 heavy (non-hydrogen) atoms. The molecule has 0 N–H and O–H groups in total. The maximum absolute atomic E-state index is 14.2. The minimum atomic E-state index is -0.873. The van der Waals surface area contributed by atoms with Crippen LogP contribution in [-0.4, -0.2) is 43.0 Å². The van der Waals surface area contributed by atoms with Crippen LogP contribution in [0.2, 0.25) is 0 Å². The molecule has 0 aliphatic carbocycles. The highest BCUT2D eigenvalue weighted by Crippen LogP contribution is 2.32. The highest BCUT2D eigenvalue weighted by molar-refractivity contribution is 7.22. The van der Waals surface area contributed by atoms with Gasteiger partial charge in [-0.2, -0.15) is 0 Å². The molecular weight excluding hydrogens is 368 g/mol. The standard InChI is InChI=1S/C20H21F2N3OS/c1-12-10-16-17(11-13(12)2)27-20(23-16)25(9-8-24(3)4)19(26)18-14(21)6-5-7-15(18)22/h5-7,10-11H,8-9H2,1-4H3. The van der Waals surface area contributed by atoms with Gasteiger partial charge in [-0.05, 0) is 63.3 Å². The van der Waals surface area contributed by atoms with E-state index in [9.17, 15) is 13.6 Å². The summed E-state index contributed by atoms with van der Waals surface area (Å²) in [4.78, 5) is 20.8. The summed E-state index contributed by atoms with van der Waals surface area (Å²) in [7, 11) is 3.74. The molecule has 0 spiro atoms. The molecule has 3 aromatic rings. The van der Waals surface area contributed by atoms with Gasteiger partial charge in [0.1, 0.15) is 17.2 Å². The van der Waals surface area contributed by atoms with E-state index in [2.05, 4.69) is 4.98 Å². The minimum absolute atomic E-state index is 0.275. The second-order valence-corrected chi connectivity index (χ2v) is 7.77. The van der Waals surface area contributed by atoms with Crippen molar-refractivity contribution in [3.05, 3.63) is 58.7 Å². The highest BCUT2D eigenvalue weighted by Gasteiger charge is 2.26. The zero-order valence-corrected chi connectivity index (χ0v) is 16.5. The number of thiazole rings is 1. The molecule has 0 radical (unpaired) electrons. The summed E-state index contributed by atoms with van der Waals surface area (Å²) >= 11 is 1.35. The number of hydrogen-bond acceptors (Lipinski definition) is 4. The third-order valence-corrected chi connectivity index (χ3v) is 5.46. The van der Waals surface area contributed by atoms with Gasteiger partial charge < -0.3 is 4.90 Å². The predicted octanol–water partition coefficient (Wildman–Crippen LogP) is 4.40. The number of likely N-dealkylation sites (N-methyl/N-ethyl adjacent to an activating group) is 1. The molecule has 0 bridgehead atoms. The van der Waals surface area contributed by atoms with Gasteiger partial charge >= 0.3 is 0 Å². The number of aryl methyl sites for hydroxylation is 2. The Morgan fingerprint density at radius 1 is 1.07 bits per heavy atom. The van der Waals surface area contributed by atoms with Gasteiger partial charge in [0.25, 0.3) is 5.91 Å². The van der Waals surface area contributed by atoms with Gasteiger partial charge in [-0.15, -0.1) is 0 Å². The predicted molar refractivity (Wildman–Crippen MR) is 106 cm³/mol. The van der Waals surface area contributed by atoms with Crippen LogP contribution in [0.1, 0.15) is 21.5 Å². The van der Waals surface area contributed by atoms with E-state index < -0.39 is 23.1 Å². The number of carbonyl (C=O) groups is 1. The van der Waals surface area contributed by atoms with E-state index in [4.69, 9.17) is 0 Å². The van der Waals surface area contributed by atoms with Crippen molar-refractivity contribution in [3.8, 4) is 0 Å². The van der Waals surface area contributed by atoms with Gasteiger partial charge in [-0.3, -0.25) is 9.69 Å². The maximum atomic E-state index is 14.2. The lowest BCUT2D eigenvalue weighted by Crippen LogP contribution is -2.37. The van der Waals surface area contributed by atoms with Crippen molar-refractivity contribution < 1.29 is 13.6 Å². The Morgan fingerprint density at radius 2 is 1.70 bits per heavy atom. The van der Waals surface area contributed by atoms with E-state index in [0.29, 0.717) is 11.7 Å². The summed E-state index contributed by atoms with van der Waals surface area (Å²) in [6.07, 6.45) is 0. The van der Waals surface area contributed by atoms with Crippen molar-refractivity contribution in [2.45, 2.75) is 13.8 Å². The van der Waals surface area contributed by atoms with E-state index in [1.54, 1.807) is 0 Å². The monoisotopic (exact) mass is 389 g/mol. The normalized spacial score (nSPS) is 11.4. The fraction of sp³-hybridized carbons (Fsp3) is 0.300. The Hall–Kier alpha value is -2.38. The van der Waals surface area contributed by atoms with Crippen LogP contribution in [-0.2, 0) is 0 Å². The second kappa shape index (κ2) is 7.70. The summed E-state index contributed by atoms with van der Waals surface area (Å²) < 4.78 is 29.3. The van der Waals surface area contributed by atoms with E-state index in [0.717, 1.165) is 33.5 Å². The molecule has 1 heterocycles. The van der Waals surface area contributed by atoms with Crippen LogP contribution in [0.3, 0.4) is 0 Å². The lowest BCUT2D eigenvalue weighted by atomic mass is 10.1. The third kappa shape index (κ3) is 3.99. The summed E-state index contributed by atoms with van der Waals surface area (Å²) in [6, 6.07) is 7.40. The molecule has 1 amide bonds. The Morgan fingerprint density at radius 3 is 2.33 bits per heavy atom. The third-order valence-electron chi connectivity index (χ3n) is 4.42. The van der Waals surface area contributed by atoms with Crippen LogP contribution in [0.25, 0.3) is 10.2 Å². The van der Waals surface area contributed by atoms with Gasteiger partial charge in [0.05, 0.1) is 10.2 Å². The molecule has 0 saturated heterocycles. The van der Waals surface area contributed by atoms with E-state index in [-0.39, 0.29) is 6.54 Å². The molecule has 3 rings (SSSR count). The van der Waals surface area contributed by atoms with Crippen LogP contribution in [0.4, 0.5) is 13.9 Å². The Balaban J connectivity index is 2.07. The molecule has 0 saturated carbocycles. The number of carbonyl (C=O) groups excluding carboxylic acids is 1.